The first-order valence-corrected chi connectivity index (χ1v) is 10.9. The smallest absolute Gasteiger partial charge is 0.300 e. The Morgan fingerprint density at radius 2 is 1.91 bits per heavy atom. The Labute approximate surface area is 197 Å². The summed E-state index contributed by atoms with van der Waals surface area (Å²) in [6.07, 6.45) is 3.19. The Kier molecular flexibility index (Phi) is 6.20. The lowest BCUT2D eigenvalue weighted by atomic mass is 9.95. The number of ketones is 1. The predicted molar refractivity (Wildman–Crippen MR) is 128 cm³/mol. The molecule has 0 aliphatic carbocycles. The number of hydrogen-bond acceptors (Lipinski definition) is 5. The average Bonchev–Trinajstić information content (AvgIpc) is 3.07. The fraction of sp³-hybridized carbons (Fsp3) is 0.192. The number of aryl methyl sites for hydroxylation is 2. The molecule has 33 heavy (non-hydrogen) atoms. The number of Topliss-reactive ketones (excluding diaryl/α,β-unsaturated/α-hetero) is 1. The van der Waals surface area contributed by atoms with E-state index in [1.807, 2.05) is 20.8 Å². The highest BCUT2D eigenvalue weighted by Gasteiger charge is 2.47. The minimum atomic E-state index is -0.859. The van der Waals surface area contributed by atoms with Gasteiger partial charge in [-0.05, 0) is 73.9 Å². The second-order valence-corrected chi connectivity index (χ2v) is 8.24. The van der Waals surface area contributed by atoms with Gasteiger partial charge in [0.25, 0.3) is 11.7 Å². The molecular weight excluding hydrogens is 440 g/mol. The molecule has 1 N–H and O–H groups in total. The third-order valence-electron chi connectivity index (χ3n) is 5.62. The van der Waals surface area contributed by atoms with Crippen LogP contribution in [0.4, 0.5) is 5.69 Å². The summed E-state index contributed by atoms with van der Waals surface area (Å²) in [4.78, 5) is 32.1. The Bertz CT molecular complexity index is 1270. The van der Waals surface area contributed by atoms with E-state index in [4.69, 9.17) is 16.3 Å². The van der Waals surface area contributed by atoms with Crippen LogP contribution in [-0.4, -0.2) is 28.4 Å². The number of pyridine rings is 1. The molecule has 6 nitrogen and oxygen atoms in total. The van der Waals surface area contributed by atoms with Crippen LogP contribution in [0.1, 0.15) is 35.2 Å². The molecule has 1 aliphatic heterocycles. The second-order valence-electron chi connectivity index (χ2n) is 7.80. The Balaban J connectivity index is 1.93. The van der Waals surface area contributed by atoms with Crippen LogP contribution in [0.3, 0.4) is 0 Å². The maximum Gasteiger partial charge on any atom is 0.300 e. The van der Waals surface area contributed by atoms with Gasteiger partial charge in [-0.2, -0.15) is 0 Å². The lowest BCUT2D eigenvalue weighted by molar-refractivity contribution is -0.132. The maximum atomic E-state index is 13.3. The van der Waals surface area contributed by atoms with Crippen LogP contribution >= 0.6 is 11.6 Å². The number of nitrogens with zero attached hydrogens (tertiary/aromatic N) is 2. The van der Waals surface area contributed by atoms with Crippen LogP contribution in [0, 0.1) is 13.8 Å². The van der Waals surface area contributed by atoms with Gasteiger partial charge in [-0.1, -0.05) is 23.7 Å². The van der Waals surface area contributed by atoms with Crippen LogP contribution in [0.15, 0.2) is 66.5 Å². The largest absolute Gasteiger partial charge is 0.507 e. The fourth-order valence-corrected chi connectivity index (χ4v) is 4.21. The van der Waals surface area contributed by atoms with E-state index in [9.17, 15) is 14.7 Å². The number of anilines is 1. The quantitative estimate of drug-likeness (QED) is 0.313. The molecule has 0 saturated carbocycles. The van der Waals surface area contributed by atoms with Gasteiger partial charge in [0.15, 0.2) is 0 Å². The molecule has 0 radical (unpaired) electrons. The summed E-state index contributed by atoms with van der Waals surface area (Å²) in [7, 11) is 0. The van der Waals surface area contributed by atoms with Crippen molar-refractivity contribution >= 4 is 34.7 Å². The zero-order chi connectivity index (χ0) is 23.7. The number of hydrogen-bond donors (Lipinski definition) is 1. The van der Waals surface area contributed by atoms with Crippen molar-refractivity contribution in [2.24, 2.45) is 0 Å². The summed E-state index contributed by atoms with van der Waals surface area (Å²) in [5.41, 5.74) is 3.09. The van der Waals surface area contributed by atoms with Crippen molar-refractivity contribution in [3.63, 3.8) is 0 Å². The number of benzene rings is 2. The number of aliphatic hydroxyl groups is 1. The molecule has 1 aromatic heterocycles. The molecule has 4 rings (SSSR count). The molecule has 2 aromatic carbocycles. The highest BCUT2D eigenvalue weighted by molar-refractivity contribution is 6.52. The monoisotopic (exact) mass is 462 g/mol. The number of carbonyl (C=O) groups excluding carboxylic acids is 2. The first-order chi connectivity index (χ1) is 15.8. The van der Waals surface area contributed by atoms with Crippen molar-refractivity contribution in [1.29, 1.82) is 0 Å². The first kappa shape index (κ1) is 22.6. The van der Waals surface area contributed by atoms with E-state index in [1.54, 1.807) is 60.9 Å². The molecular formula is C26H23ClN2O4. The number of ether oxygens (including phenoxy) is 1. The number of halogens is 1. The van der Waals surface area contributed by atoms with E-state index in [-0.39, 0.29) is 11.3 Å². The van der Waals surface area contributed by atoms with Crippen LogP contribution in [0.25, 0.3) is 5.76 Å². The summed E-state index contributed by atoms with van der Waals surface area (Å²) in [6, 6.07) is 12.9. The van der Waals surface area contributed by atoms with Gasteiger partial charge in [0.1, 0.15) is 11.5 Å². The van der Waals surface area contributed by atoms with Crippen LogP contribution in [-0.2, 0) is 9.59 Å². The highest BCUT2D eigenvalue weighted by Crippen LogP contribution is 2.43. The van der Waals surface area contributed by atoms with Crippen molar-refractivity contribution in [3.05, 3.63) is 93.8 Å². The first-order valence-electron chi connectivity index (χ1n) is 10.5. The zero-order valence-electron chi connectivity index (χ0n) is 18.5. The summed E-state index contributed by atoms with van der Waals surface area (Å²) in [6.45, 7) is 6.09. The van der Waals surface area contributed by atoms with Gasteiger partial charge in [-0.25, -0.2) is 0 Å². The minimum absolute atomic E-state index is 0.00376. The molecule has 2 heterocycles. The molecule has 1 aliphatic rings. The van der Waals surface area contributed by atoms with E-state index in [0.717, 1.165) is 11.1 Å². The summed E-state index contributed by atoms with van der Waals surface area (Å²) >= 11 is 6.22. The molecule has 1 unspecified atom stereocenters. The maximum absolute atomic E-state index is 13.3. The molecule has 0 bridgehead atoms. The molecule has 1 saturated heterocycles. The third kappa shape index (κ3) is 4.10. The van der Waals surface area contributed by atoms with E-state index < -0.39 is 17.7 Å². The fourth-order valence-electron chi connectivity index (χ4n) is 4.05. The van der Waals surface area contributed by atoms with E-state index >= 15 is 0 Å². The zero-order valence-corrected chi connectivity index (χ0v) is 19.3. The number of amides is 1. The van der Waals surface area contributed by atoms with Crippen LogP contribution < -0.4 is 9.64 Å². The highest BCUT2D eigenvalue weighted by atomic mass is 35.5. The summed E-state index contributed by atoms with van der Waals surface area (Å²) in [5.74, 6) is -1.07. The second kappa shape index (κ2) is 9.08. The molecule has 168 valence electrons. The number of rotatable bonds is 5. The number of aliphatic hydroxyl groups excluding tert-OH is 1. The van der Waals surface area contributed by atoms with Crippen LogP contribution in [0.5, 0.6) is 5.75 Å². The molecule has 0 spiro atoms. The van der Waals surface area contributed by atoms with Crippen molar-refractivity contribution in [3.8, 4) is 5.75 Å². The molecule has 1 atom stereocenters. The normalized spacial score (nSPS) is 17.5. The number of carbonyl (C=O) groups is 2. The van der Waals surface area contributed by atoms with Crippen molar-refractivity contribution in [1.82, 2.24) is 4.98 Å². The lowest BCUT2D eigenvalue weighted by Crippen LogP contribution is -2.30. The van der Waals surface area contributed by atoms with Crippen molar-refractivity contribution in [2.75, 3.05) is 11.5 Å². The van der Waals surface area contributed by atoms with E-state index in [0.29, 0.717) is 34.2 Å². The Hall–Kier alpha value is -3.64. The standard InChI is InChI=1S/C26H23ClN2O4/c1-4-33-21-10-8-17(12-16(21)3)24(30)22-23(18-6-5-11-28-14-18)29(26(32)25(22)31)20-13-19(27)9-7-15(20)2/h5-14,23,30H,4H2,1-3H3/b24-22+. The Morgan fingerprint density at radius 3 is 2.58 bits per heavy atom. The molecule has 3 aromatic rings. The van der Waals surface area contributed by atoms with Crippen molar-refractivity contribution < 1.29 is 19.4 Å². The van der Waals surface area contributed by atoms with Gasteiger partial charge in [-0.3, -0.25) is 19.5 Å². The van der Waals surface area contributed by atoms with Gasteiger partial charge in [0.2, 0.25) is 0 Å². The van der Waals surface area contributed by atoms with Crippen molar-refractivity contribution in [2.45, 2.75) is 26.8 Å². The average molecular weight is 463 g/mol. The van der Waals surface area contributed by atoms with E-state index in [2.05, 4.69) is 4.98 Å². The lowest BCUT2D eigenvalue weighted by Gasteiger charge is -2.26. The van der Waals surface area contributed by atoms with Gasteiger partial charge in [-0.15, -0.1) is 0 Å². The van der Waals surface area contributed by atoms with Crippen LogP contribution in [0.2, 0.25) is 5.02 Å². The van der Waals surface area contributed by atoms with Gasteiger partial charge in [0.05, 0.1) is 18.2 Å². The number of aromatic nitrogens is 1. The Morgan fingerprint density at radius 1 is 1.12 bits per heavy atom. The van der Waals surface area contributed by atoms with Gasteiger partial charge < -0.3 is 9.84 Å². The van der Waals surface area contributed by atoms with Gasteiger partial charge >= 0.3 is 0 Å². The minimum Gasteiger partial charge on any atom is -0.507 e. The summed E-state index contributed by atoms with van der Waals surface area (Å²) in [5, 5.41) is 11.7. The SMILES string of the molecule is CCOc1ccc(/C(O)=C2\C(=O)C(=O)N(c3cc(Cl)ccc3C)C2c2cccnc2)cc1C. The topological polar surface area (TPSA) is 79.7 Å². The molecule has 1 fully saturated rings. The molecule has 1 amide bonds. The van der Waals surface area contributed by atoms with Gasteiger partial charge in [0, 0.05) is 28.7 Å². The molecule has 7 heteroatoms. The van der Waals surface area contributed by atoms with E-state index in [1.165, 1.54) is 4.90 Å². The summed E-state index contributed by atoms with van der Waals surface area (Å²) < 4.78 is 5.58. The third-order valence-corrected chi connectivity index (χ3v) is 5.86. The predicted octanol–water partition coefficient (Wildman–Crippen LogP) is 5.38.